The van der Waals surface area contributed by atoms with Gasteiger partial charge in [-0.25, -0.2) is 0 Å². The van der Waals surface area contributed by atoms with E-state index in [0.29, 0.717) is 6.08 Å². The first-order valence-electron chi connectivity index (χ1n) is 7.70. The molecule has 0 aliphatic carbocycles. The molecule has 2 aromatic rings. The Morgan fingerprint density at radius 1 is 1.04 bits per heavy atom. The zero-order valence-electron chi connectivity index (χ0n) is 13.7. The van der Waals surface area contributed by atoms with Crippen LogP contribution in [0.2, 0.25) is 0 Å². The summed E-state index contributed by atoms with van der Waals surface area (Å²) in [6, 6.07) is 19.2. The number of nitrogens with zero attached hydrogens (tertiary/aromatic N) is 1. The van der Waals surface area contributed by atoms with E-state index < -0.39 is 0 Å². The van der Waals surface area contributed by atoms with Gasteiger partial charge in [-0.2, -0.15) is 0 Å². The van der Waals surface area contributed by atoms with Crippen LogP contribution in [0.15, 0.2) is 59.0 Å². The predicted octanol–water partition coefficient (Wildman–Crippen LogP) is 4.72. The molecule has 2 aromatic carbocycles. The minimum atomic E-state index is -0.310. The minimum Gasteiger partial charge on any atom is -0.453 e. The molecule has 0 saturated heterocycles. The van der Waals surface area contributed by atoms with Gasteiger partial charge in [-0.05, 0) is 48.9 Å². The SMILES string of the molecule is COC1=NSC(Cc2ccc(-c3ccccc3)cc2)C(C)(C)O1. The van der Waals surface area contributed by atoms with E-state index in [1.807, 2.05) is 6.07 Å². The molecular formula is C19H21NO2S. The van der Waals surface area contributed by atoms with Gasteiger partial charge in [-0.1, -0.05) is 54.6 Å². The number of methoxy groups -OCH3 is 1. The fourth-order valence-corrected chi connectivity index (χ4v) is 3.48. The molecule has 0 saturated carbocycles. The maximum atomic E-state index is 5.81. The summed E-state index contributed by atoms with van der Waals surface area (Å²) >= 11 is 1.54. The maximum Gasteiger partial charge on any atom is 0.395 e. The molecule has 0 radical (unpaired) electrons. The molecule has 3 rings (SSSR count). The monoisotopic (exact) mass is 327 g/mol. The Bertz CT molecular complexity index is 680. The molecule has 0 N–H and O–H groups in total. The van der Waals surface area contributed by atoms with Crippen molar-refractivity contribution in [1.82, 2.24) is 0 Å². The summed E-state index contributed by atoms with van der Waals surface area (Å²) in [6.07, 6.45) is 1.27. The van der Waals surface area contributed by atoms with E-state index in [0.717, 1.165) is 6.42 Å². The summed E-state index contributed by atoms with van der Waals surface area (Å²) in [5, 5.41) is 0.254. The second-order valence-corrected chi connectivity index (χ2v) is 7.09. The molecule has 1 unspecified atom stereocenters. The summed E-state index contributed by atoms with van der Waals surface area (Å²) in [6.45, 7) is 4.16. The van der Waals surface area contributed by atoms with Crippen LogP contribution in [0.5, 0.6) is 0 Å². The molecule has 1 aliphatic rings. The lowest BCUT2D eigenvalue weighted by atomic mass is 9.96. The van der Waals surface area contributed by atoms with Crippen LogP contribution >= 0.6 is 11.9 Å². The molecule has 1 atom stereocenters. The summed E-state index contributed by atoms with van der Waals surface area (Å²) in [7, 11) is 1.58. The average molecular weight is 327 g/mol. The van der Waals surface area contributed by atoms with E-state index >= 15 is 0 Å². The lowest BCUT2D eigenvalue weighted by Gasteiger charge is -2.35. The van der Waals surface area contributed by atoms with Gasteiger partial charge in [-0.3, -0.25) is 0 Å². The van der Waals surface area contributed by atoms with E-state index in [4.69, 9.17) is 9.47 Å². The second-order valence-electron chi connectivity index (χ2n) is 6.13. The van der Waals surface area contributed by atoms with Crippen LogP contribution < -0.4 is 0 Å². The third-order valence-corrected chi connectivity index (χ3v) is 5.28. The van der Waals surface area contributed by atoms with Crippen molar-refractivity contribution < 1.29 is 9.47 Å². The molecule has 4 heteroatoms. The third-order valence-electron chi connectivity index (χ3n) is 4.04. The molecular weight excluding hydrogens is 306 g/mol. The van der Waals surface area contributed by atoms with Crippen molar-refractivity contribution in [2.24, 2.45) is 4.40 Å². The van der Waals surface area contributed by atoms with Gasteiger partial charge < -0.3 is 9.47 Å². The number of ether oxygens (including phenoxy) is 2. The van der Waals surface area contributed by atoms with Crippen LogP contribution in [0.25, 0.3) is 11.1 Å². The summed E-state index contributed by atoms with van der Waals surface area (Å²) in [5.74, 6) is 0. The summed E-state index contributed by atoms with van der Waals surface area (Å²) in [5.41, 5.74) is 3.45. The van der Waals surface area contributed by atoms with Gasteiger partial charge in [0.1, 0.15) is 5.60 Å². The molecule has 0 bridgehead atoms. The summed E-state index contributed by atoms with van der Waals surface area (Å²) in [4.78, 5) is 0. The zero-order chi connectivity index (χ0) is 16.3. The van der Waals surface area contributed by atoms with Crippen molar-refractivity contribution >= 4 is 18.0 Å². The Morgan fingerprint density at radius 3 is 2.30 bits per heavy atom. The van der Waals surface area contributed by atoms with E-state index in [1.165, 1.54) is 28.6 Å². The molecule has 0 spiro atoms. The smallest absolute Gasteiger partial charge is 0.395 e. The van der Waals surface area contributed by atoms with Crippen LogP contribution in [0.3, 0.4) is 0 Å². The van der Waals surface area contributed by atoms with Gasteiger partial charge in [-0.15, -0.1) is 4.40 Å². The molecule has 0 aromatic heterocycles. The first-order valence-corrected chi connectivity index (χ1v) is 8.53. The molecule has 3 nitrogen and oxygen atoms in total. The van der Waals surface area contributed by atoms with Crippen LogP contribution in [-0.2, 0) is 15.9 Å². The van der Waals surface area contributed by atoms with Crippen molar-refractivity contribution in [3.63, 3.8) is 0 Å². The van der Waals surface area contributed by atoms with E-state index in [9.17, 15) is 0 Å². The van der Waals surface area contributed by atoms with E-state index in [2.05, 4.69) is 66.8 Å². The van der Waals surface area contributed by atoms with Gasteiger partial charge in [0.25, 0.3) is 0 Å². The maximum absolute atomic E-state index is 5.81. The van der Waals surface area contributed by atoms with Crippen LogP contribution in [0.1, 0.15) is 19.4 Å². The van der Waals surface area contributed by atoms with Crippen molar-refractivity contribution in [1.29, 1.82) is 0 Å². The number of hydrogen-bond acceptors (Lipinski definition) is 4. The highest BCUT2D eigenvalue weighted by atomic mass is 32.2. The lowest BCUT2D eigenvalue weighted by molar-refractivity contribution is 0.0481. The van der Waals surface area contributed by atoms with Gasteiger partial charge >= 0.3 is 6.08 Å². The zero-order valence-corrected chi connectivity index (χ0v) is 14.5. The highest BCUT2D eigenvalue weighted by Crippen LogP contribution is 2.35. The standard InChI is InChI=1S/C19H21NO2S/c1-19(2)17(23-20-18(21-3)22-19)13-14-9-11-16(12-10-14)15-7-5-4-6-8-15/h4-12,17H,13H2,1-3H3. The number of benzene rings is 2. The Kier molecular flexibility index (Phi) is 4.62. The van der Waals surface area contributed by atoms with Gasteiger partial charge in [0, 0.05) is 0 Å². The average Bonchev–Trinajstić information content (AvgIpc) is 2.58. The Hall–Kier alpha value is -1.94. The van der Waals surface area contributed by atoms with Gasteiger partial charge in [0.05, 0.1) is 12.4 Å². The van der Waals surface area contributed by atoms with Crippen molar-refractivity contribution in [3.05, 3.63) is 60.2 Å². The van der Waals surface area contributed by atoms with E-state index in [1.54, 1.807) is 7.11 Å². The molecule has 1 heterocycles. The van der Waals surface area contributed by atoms with Crippen molar-refractivity contribution in [2.75, 3.05) is 7.11 Å². The Balaban J connectivity index is 1.73. The first-order chi connectivity index (χ1) is 11.1. The Labute approximate surface area is 141 Å². The van der Waals surface area contributed by atoms with Crippen LogP contribution in [-0.4, -0.2) is 24.0 Å². The largest absolute Gasteiger partial charge is 0.453 e. The summed E-state index contributed by atoms with van der Waals surface area (Å²) < 4.78 is 15.2. The highest BCUT2D eigenvalue weighted by Gasteiger charge is 2.37. The lowest BCUT2D eigenvalue weighted by Crippen LogP contribution is -2.42. The van der Waals surface area contributed by atoms with Crippen LogP contribution in [0, 0.1) is 0 Å². The van der Waals surface area contributed by atoms with Crippen molar-refractivity contribution in [2.45, 2.75) is 31.1 Å². The number of rotatable bonds is 3. The minimum absolute atomic E-state index is 0.254. The fraction of sp³-hybridized carbons (Fsp3) is 0.316. The second kappa shape index (κ2) is 6.67. The fourth-order valence-electron chi connectivity index (χ4n) is 2.58. The molecule has 0 amide bonds. The quantitative estimate of drug-likeness (QED) is 0.764. The molecule has 0 fully saturated rings. The topological polar surface area (TPSA) is 30.8 Å². The third kappa shape index (κ3) is 3.70. The van der Waals surface area contributed by atoms with Gasteiger partial charge in [0.2, 0.25) is 0 Å². The van der Waals surface area contributed by atoms with Gasteiger partial charge in [0.15, 0.2) is 0 Å². The van der Waals surface area contributed by atoms with E-state index in [-0.39, 0.29) is 10.9 Å². The molecule has 120 valence electrons. The Morgan fingerprint density at radius 2 is 1.70 bits per heavy atom. The predicted molar refractivity (Wildman–Crippen MR) is 96.6 cm³/mol. The van der Waals surface area contributed by atoms with Crippen LogP contribution in [0.4, 0.5) is 0 Å². The molecule has 1 aliphatic heterocycles. The van der Waals surface area contributed by atoms with Crippen molar-refractivity contribution in [3.8, 4) is 11.1 Å². The normalized spacial score (nSPS) is 19.6. The first kappa shape index (κ1) is 15.9. The molecule has 23 heavy (non-hydrogen) atoms. The number of hydrogen-bond donors (Lipinski definition) is 0. The highest BCUT2D eigenvalue weighted by molar-refractivity contribution is 7.98.